The Bertz CT molecular complexity index is 467. The number of carbonyl (C=O) groups is 1. The van der Waals surface area contributed by atoms with Crippen LogP contribution in [0.1, 0.15) is 5.56 Å². The van der Waals surface area contributed by atoms with E-state index in [4.69, 9.17) is 0 Å². The van der Waals surface area contributed by atoms with Gasteiger partial charge in [-0.3, -0.25) is 4.79 Å². The summed E-state index contributed by atoms with van der Waals surface area (Å²) in [5.74, 6) is -0.511. The van der Waals surface area contributed by atoms with Crippen LogP contribution in [-0.2, 0) is 26.2 Å². The fraction of sp³-hybridized carbons (Fsp3) is 0.222. The molecular weight excluding hydrogens is 223 g/mol. The number of carbonyl (C=O) groups excluding carboxylic acids is 1. The number of rotatable bonds is 3. The molecule has 0 N–H and O–H groups in total. The average molecular weight is 232 g/mol. The number of benzene rings is 1. The molecule has 0 unspecified atom stereocenters. The summed E-state index contributed by atoms with van der Waals surface area (Å²) >= 11 is 0. The molecule has 0 spiro atoms. The molecule has 0 aromatic heterocycles. The fourth-order valence-electron chi connectivity index (χ4n) is 1.05. The molecule has 0 atom stereocenters. The van der Waals surface area contributed by atoms with Crippen molar-refractivity contribution in [2.24, 2.45) is 0 Å². The number of ether oxygens (including phenoxy) is 1. The Balaban J connectivity index is 2.99. The number of halogens is 1. The van der Waals surface area contributed by atoms with E-state index in [9.17, 15) is 17.1 Å². The van der Waals surface area contributed by atoms with Crippen LogP contribution < -0.4 is 0 Å². The van der Waals surface area contributed by atoms with Gasteiger partial charge in [-0.25, -0.2) is 0 Å². The molecule has 0 heterocycles. The van der Waals surface area contributed by atoms with Gasteiger partial charge in [0.2, 0.25) is 0 Å². The predicted molar refractivity (Wildman–Crippen MR) is 50.5 cm³/mol. The first-order valence-corrected chi connectivity index (χ1v) is 5.42. The minimum Gasteiger partial charge on any atom is -0.469 e. The van der Waals surface area contributed by atoms with E-state index >= 15 is 0 Å². The normalized spacial score (nSPS) is 11.1. The summed E-state index contributed by atoms with van der Waals surface area (Å²) in [5.41, 5.74) is 0.389. The lowest BCUT2D eigenvalue weighted by Gasteiger charge is -2.01. The van der Waals surface area contributed by atoms with Crippen LogP contribution in [0.4, 0.5) is 3.89 Å². The lowest BCUT2D eigenvalue weighted by molar-refractivity contribution is -0.139. The zero-order valence-corrected chi connectivity index (χ0v) is 8.75. The van der Waals surface area contributed by atoms with Gasteiger partial charge in [-0.15, -0.1) is 3.89 Å². The highest BCUT2D eigenvalue weighted by Crippen LogP contribution is 2.14. The minimum atomic E-state index is -4.72. The number of hydrogen-bond acceptors (Lipinski definition) is 4. The van der Waals surface area contributed by atoms with E-state index in [1.165, 1.54) is 19.2 Å². The maximum atomic E-state index is 12.6. The van der Waals surface area contributed by atoms with E-state index in [-0.39, 0.29) is 6.42 Å². The van der Waals surface area contributed by atoms with Crippen molar-refractivity contribution >= 4 is 16.2 Å². The molecule has 1 aromatic carbocycles. The SMILES string of the molecule is COC(=O)Cc1cccc(S(=O)(=O)F)c1. The van der Waals surface area contributed by atoms with Crippen molar-refractivity contribution in [3.8, 4) is 0 Å². The zero-order valence-electron chi connectivity index (χ0n) is 7.94. The van der Waals surface area contributed by atoms with Crippen molar-refractivity contribution in [3.63, 3.8) is 0 Å². The van der Waals surface area contributed by atoms with Crippen LogP contribution in [0.5, 0.6) is 0 Å². The zero-order chi connectivity index (χ0) is 11.5. The van der Waals surface area contributed by atoms with Crippen molar-refractivity contribution in [3.05, 3.63) is 29.8 Å². The Kier molecular flexibility index (Phi) is 3.41. The summed E-state index contributed by atoms with van der Waals surface area (Å²) in [6.07, 6.45) is -0.0835. The number of methoxy groups -OCH3 is 1. The van der Waals surface area contributed by atoms with Gasteiger partial charge in [0.1, 0.15) is 0 Å². The van der Waals surface area contributed by atoms with Gasteiger partial charge in [0.05, 0.1) is 18.4 Å². The molecule has 1 aromatic rings. The fourth-order valence-corrected chi connectivity index (χ4v) is 1.58. The molecular formula is C9H9FO4S. The minimum absolute atomic E-state index is 0.0835. The van der Waals surface area contributed by atoms with Crippen molar-refractivity contribution in [2.75, 3.05) is 7.11 Å². The summed E-state index contributed by atoms with van der Waals surface area (Å²) in [7, 11) is -3.50. The second-order valence-corrected chi connectivity index (χ2v) is 4.19. The molecule has 6 heteroatoms. The Labute approximate surface area is 86.9 Å². The van der Waals surface area contributed by atoms with E-state index < -0.39 is 21.1 Å². The molecule has 4 nitrogen and oxygen atoms in total. The van der Waals surface area contributed by atoms with Gasteiger partial charge < -0.3 is 4.74 Å². The highest BCUT2D eigenvalue weighted by atomic mass is 32.3. The predicted octanol–water partition coefficient (Wildman–Crippen LogP) is 1.06. The lowest BCUT2D eigenvalue weighted by Crippen LogP contribution is -2.05. The lowest BCUT2D eigenvalue weighted by atomic mass is 10.1. The van der Waals surface area contributed by atoms with Gasteiger partial charge in [0, 0.05) is 0 Å². The summed E-state index contributed by atoms with van der Waals surface area (Å²) in [6.45, 7) is 0. The van der Waals surface area contributed by atoms with E-state index in [0.29, 0.717) is 5.56 Å². The third-order valence-electron chi connectivity index (χ3n) is 1.76. The Morgan fingerprint density at radius 1 is 1.47 bits per heavy atom. The van der Waals surface area contributed by atoms with Crippen LogP contribution in [0, 0.1) is 0 Å². The molecule has 0 aliphatic carbocycles. The van der Waals surface area contributed by atoms with Crippen LogP contribution in [0.15, 0.2) is 29.2 Å². The summed E-state index contributed by atoms with van der Waals surface area (Å²) in [6, 6.07) is 5.11. The standard InChI is InChI=1S/C9H9FO4S/c1-14-9(11)6-7-3-2-4-8(5-7)15(10,12)13/h2-5H,6H2,1H3. The quantitative estimate of drug-likeness (QED) is 0.577. The van der Waals surface area contributed by atoms with Gasteiger partial charge in [-0.05, 0) is 17.7 Å². The second kappa shape index (κ2) is 4.39. The third-order valence-corrected chi connectivity index (χ3v) is 2.57. The van der Waals surface area contributed by atoms with E-state index in [0.717, 1.165) is 12.1 Å². The van der Waals surface area contributed by atoms with Gasteiger partial charge >= 0.3 is 16.2 Å². The smallest absolute Gasteiger partial charge is 0.332 e. The first-order valence-electron chi connectivity index (χ1n) is 4.04. The largest absolute Gasteiger partial charge is 0.469 e. The maximum Gasteiger partial charge on any atom is 0.332 e. The van der Waals surface area contributed by atoms with Gasteiger partial charge in [-0.2, -0.15) is 8.42 Å². The van der Waals surface area contributed by atoms with Gasteiger partial charge in [0.15, 0.2) is 0 Å². The molecule has 82 valence electrons. The highest BCUT2D eigenvalue weighted by molar-refractivity contribution is 7.86. The highest BCUT2D eigenvalue weighted by Gasteiger charge is 2.12. The van der Waals surface area contributed by atoms with Crippen LogP contribution in [-0.4, -0.2) is 21.5 Å². The second-order valence-electron chi connectivity index (χ2n) is 2.84. The topological polar surface area (TPSA) is 60.4 Å². The van der Waals surface area contributed by atoms with Crippen molar-refractivity contribution < 1.29 is 21.8 Å². The third kappa shape index (κ3) is 3.32. The van der Waals surface area contributed by atoms with Crippen LogP contribution in [0.3, 0.4) is 0 Å². The molecule has 0 saturated carbocycles. The molecule has 0 aliphatic heterocycles. The van der Waals surface area contributed by atoms with Crippen molar-refractivity contribution in [2.45, 2.75) is 11.3 Å². The van der Waals surface area contributed by atoms with Gasteiger partial charge in [-0.1, -0.05) is 12.1 Å². The van der Waals surface area contributed by atoms with Crippen LogP contribution >= 0.6 is 0 Å². The Hall–Kier alpha value is -1.43. The van der Waals surface area contributed by atoms with Gasteiger partial charge in [0.25, 0.3) is 0 Å². The molecule has 0 radical (unpaired) electrons. The van der Waals surface area contributed by atoms with Crippen molar-refractivity contribution in [1.82, 2.24) is 0 Å². The summed E-state index contributed by atoms with van der Waals surface area (Å²) in [5, 5.41) is 0. The van der Waals surface area contributed by atoms with Crippen LogP contribution in [0.2, 0.25) is 0 Å². The molecule has 15 heavy (non-hydrogen) atoms. The molecule has 0 bridgehead atoms. The maximum absolute atomic E-state index is 12.6. The Morgan fingerprint density at radius 2 is 2.13 bits per heavy atom. The first-order chi connectivity index (χ1) is 6.93. The van der Waals surface area contributed by atoms with E-state index in [2.05, 4.69) is 4.74 Å². The monoisotopic (exact) mass is 232 g/mol. The molecule has 0 saturated heterocycles. The molecule has 0 aliphatic rings. The van der Waals surface area contributed by atoms with Crippen LogP contribution in [0.25, 0.3) is 0 Å². The average Bonchev–Trinajstić information content (AvgIpc) is 2.17. The molecule has 0 fully saturated rings. The summed E-state index contributed by atoms with van der Waals surface area (Å²) in [4.78, 5) is 10.4. The molecule has 1 rings (SSSR count). The molecule has 0 amide bonds. The number of hydrogen-bond donors (Lipinski definition) is 0. The Morgan fingerprint density at radius 3 is 2.67 bits per heavy atom. The number of esters is 1. The summed E-state index contributed by atoms with van der Waals surface area (Å²) < 4.78 is 38.1. The first kappa shape index (κ1) is 11.6. The van der Waals surface area contributed by atoms with E-state index in [1.807, 2.05) is 0 Å². The van der Waals surface area contributed by atoms with Crippen molar-refractivity contribution in [1.29, 1.82) is 0 Å². The van der Waals surface area contributed by atoms with E-state index in [1.54, 1.807) is 0 Å².